The third-order valence-corrected chi connectivity index (χ3v) is 7.76. The molecule has 0 atom stereocenters. The van der Waals surface area contributed by atoms with Gasteiger partial charge in [-0.1, -0.05) is 75.2 Å². The number of aromatic amines is 2. The number of hydrogen-bond donors (Lipinski definition) is 2. The molecule has 3 rings (SSSR count). The summed E-state index contributed by atoms with van der Waals surface area (Å²) in [4.78, 5) is 12.3. The number of aromatic nitrogens is 2. The Hall–Kier alpha value is -2.57. The second-order valence-electron chi connectivity index (χ2n) is 9.63. The van der Waals surface area contributed by atoms with Gasteiger partial charge in [-0.05, 0) is 66.5 Å². The van der Waals surface area contributed by atoms with E-state index in [1.54, 1.807) is 6.08 Å². The van der Waals surface area contributed by atoms with E-state index in [1.807, 2.05) is 6.08 Å². The lowest BCUT2D eigenvalue weighted by molar-refractivity contribution is 0.589. The van der Waals surface area contributed by atoms with Crippen molar-refractivity contribution in [3.63, 3.8) is 0 Å². The van der Waals surface area contributed by atoms with E-state index >= 15 is 0 Å². The first-order chi connectivity index (χ1) is 16.1. The molecule has 0 bridgehead atoms. The van der Waals surface area contributed by atoms with Crippen LogP contribution in [-0.4, -0.2) is 18.6 Å². The van der Waals surface area contributed by atoms with Crippen LogP contribution in [0.15, 0.2) is 64.3 Å². The van der Waals surface area contributed by atoms with Gasteiger partial charge in [-0.25, -0.2) is 8.42 Å². The molecule has 182 valence electrons. The number of halogens is 1. The predicted molar refractivity (Wildman–Crippen MR) is 140 cm³/mol. The van der Waals surface area contributed by atoms with E-state index < -0.39 is 9.84 Å². The zero-order valence-electron chi connectivity index (χ0n) is 20.0. The van der Waals surface area contributed by atoms with Gasteiger partial charge in [0.15, 0.2) is 9.84 Å². The Labute approximate surface area is 207 Å². The molecule has 0 fully saturated rings. The SMILES string of the molecule is CC(C)(C)c1ccc(CCCCC/C=C/c2c(CS(=O)(=O)c3ccc(Cl)cc3)[nH][nH]c2=O)cc1. The van der Waals surface area contributed by atoms with Crippen LogP contribution >= 0.6 is 11.6 Å². The number of rotatable bonds is 10. The Morgan fingerprint density at radius 1 is 0.912 bits per heavy atom. The van der Waals surface area contributed by atoms with Gasteiger partial charge < -0.3 is 5.10 Å². The Morgan fingerprint density at radius 2 is 1.59 bits per heavy atom. The third kappa shape index (κ3) is 7.21. The van der Waals surface area contributed by atoms with E-state index in [4.69, 9.17) is 11.6 Å². The number of aryl methyl sites for hydroxylation is 1. The average Bonchev–Trinajstić information content (AvgIpc) is 3.11. The molecule has 7 heteroatoms. The molecule has 34 heavy (non-hydrogen) atoms. The van der Waals surface area contributed by atoms with Crippen molar-refractivity contribution in [3.8, 4) is 0 Å². The summed E-state index contributed by atoms with van der Waals surface area (Å²) in [6, 6.07) is 14.9. The number of allylic oxidation sites excluding steroid dienone is 1. The molecule has 2 aromatic carbocycles. The minimum absolute atomic E-state index is 0.168. The number of H-pyrrole nitrogens is 2. The van der Waals surface area contributed by atoms with Gasteiger partial charge >= 0.3 is 0 Å². The first-order valence-corrected chi connectivity index (χ1v) is 13.6. The molecule has 0 aliphatic rings. The van der Waals surface area contributed by atoms with E-state index in [1.165, 1.54) is 35.4 Å². The number of benzene rings is 2. The van der Waals surface area contributed by atoms with E-state index in [9.17, 15) is 13.2 Å². The van der Waals surface area contributed by atoms with Gasteiger partial charge in [0.2, 0.25) is 0 Å². The Morgan fingerprint density at radius 3 is 2.24 bits per heavy atom. The fraction of sp³-hybridized carbons (Fsp3) is 0.370. The summed E-state index contributed by atoms with van der Waals surface area (Å²) in [5.41, 5.74) is 3.27. The lowest BCUT2D eigenvalue weighted by atomic mass is 9.86. The van der Waals surface area contributed by atoms with Gasteiger partial charge in [0.25, 0.3) is 5.56 Å². The Kier molecular flexibility index (Phi) is 8.61. The molecule has 2 N–H and O–H groups in total. The molecular formula is C27H33ClN2O3S. The van der Waals surface area contributed by atoms with E-state index in [0.717, 1.165) is 32.1 Å². The molecule has 0 amide bonds. The van der Waals surface area contributed by atoms with Gasteiger partial charge in [0.05, 0.1) is 21.9 Å². The summed E-state index contributed by atoms with van der Waals surface area (Å²) in [6.07, 6.45) is 8.75. The van der Waals surface area contributed by atoms with Crippen molar-refractivity contribution in [1.29, 1.82) is 0 Å². The molecule has 1 heterocycles. The fourth-order valence-electron chi connectivity index (χ4n) is 3.75. The smallest absolute Gasteiger partial charge is 0.271 e. The van der Waals surface area contributed by atoms with Crippen molar-refractivity contribution in [1.82, 2.24) is 10.2 Å². The van der Waals surface area contributed by atoms with Crippen molar-refractivity contribution in [2.24, 2.45) is 0 Å². The molecule has 0 saturated heterocycles. The highest BCUT2D eigenvalue weighted by atomic mass is 35.5. The van der Waals surface area contributed by atoms with Crippen molar-refractivity contribution in [2.75, 3.05) is 0 Å². The van der Waals surface area contributed by atoms with Crippen LogP contribution in [0.2, 0.25) is 5.02 Å². The van der Waals surface area contributed by atoms with Gasteiger partial charge in [-0.15, -0.1) is 0 Å². The quantitative estimate of drug-likeness (QED) is 0.314. The highest BCUT2D eigenvalue weighted by Gasteiger charge is 2.19. The van der Waals surface area contributed by atoms with Gasteiger partial charge in [0, 0.05) is 5.02 Å². The van der Waals surface area contributed by atoms with E-state index in [2.05, 4.69) is 55.2 Å². The summed E-state index contributed by atoms with van der Waals surface area (Å²) in [5.74, 6) is -0.291. The van der Waals surface area contributed by atoms with Crippen LogP contribution in [-0.2, 0) is 27.4 Å². The Balaban J connectivity index is 1.49. The summed E-state index contributed by atoms with van der Waals surface area (Å²) >= 11 is 5.85. The van der Waals surface area contributed by atoms with Crippen LogP contribution in [0, 0.1) is 0 Å². The standard InChI is InChI=1S/C27H33ClN2O3S/c1-27(2,3)21-13-11-20(12-14-21)9-7-5-4-6-8-10-24-25(29-30-26(24)31)19-34(32,33)23-17-15-22(28)16-18-23/h8,10-18H,4-7,9,19H2,1-3H3,(H2,29,30,31)/b10-8+. The summed E-state index contributed by atoms with van der Waals surface area (Å²) in [6.45, 7) is 6.66. The monoisotopic (exact) mass is 500 g/mol. The average molecular weight is 501 g/mol. The second-order valence-corrected chi connectivity index (χ2v) is 12.1. The summed E-state index contributed by atoms with van der Waals surface area (Å²) < 4.78 is 25.4. The molecule has 0 aliphatic heterocycles. The minimum atomic E-state index is -3.60. The number of sulfone groups is 1. The minimum Gasteiger partial charge on any atom is -0.301 e. The topological polar surface area (TPSA) is 82.8 Å². The van der Waals surface area contributed by atoms with Crippen molar-refractivity contribution >= 4 is 27.5 Å². The van der Waals surface area contributed by atoms with E-state index in [-0.39, 0.29) is 21.6 Å². The van der Waals surface area contributed by atoms with Gasteiger partial charge in [-0.2, -0.15) is 0 Å². The summed E-state index contributed by atoms with van der Waals surface area (Å²) in [5, 5.41) is 5.67. The number of nitrogens with one attached hydrogen (secondary N) is 2. The molecule has 0 unspecified atom stereocenters. The van der Waals surface area contributed by atoms with Crippen molar-refractivity contribution in [3.05, 3.63) is 92.4 Å². The lowest BCUT2D eigenvalue weighted by Gasteiger charge is -2.19. The predicted octanol–water partition coefficient (Wildman–Crippen LogP) is 6.44. The lowest BCUT2D eigenvalue weighted by Crippen LogP contribution is -2.10. The molecule has 0 saturated carbocycles. The molecule has 1 aromatic heterocycles. The van der Waals surface area contributed by atoms with Crippen LogP contribution in [0.3, 0.4) is 0 Å². The maximum Gasteiger partial charge on any atom is 0.271 e. The first kappa shape index (κ1) is 26.0. The molecule has 3 aromatic rings. The van der Waals surface area contributed by atoms with Crippen LogP contribution in [0.4, 0.5) is 0 Å². The normalized spacial score (nSPS) is 12.5. The molecular weight excluding hydrogens is 468 g/mol. The highest BCUT2D eigenvalue weighted by molar-refractivity contribution is 7.90. The molecule has 5 nitrogen and oxygen atoms in total. The molecule has 0 spiro atoms. The van der Waals surface area contributed by atoms with Gasteiger partial charge in [-0.3, -0.25) is 9.89 Å². The first-order valence-electron chi connectivity index (χ1n) is 11.6. The van der Waals surface area contributed by atoms with Crippen LogP contribution in [0.25, 0.3) is 6.08 Å². The molecule has 0 aliphatic carbocycles. The number of hydrogen-bond acceptors (Lipinski definition) is 3. The second kappa shape index (κ2) is 11.2. The van der Waals surface area contributed by atoms with Crippen molar-refractivity contribution < 1.29 is 8.42 Å². The van der Waals surface area contributed by atoms with Crippen molar-refractivity contribution in [2.45, 2.75) is 68.9 Å². The summed E-state index contributed by atoms with van der Waals surface area (Å²) in [7, 11) is -3.60. The zero-order valence-corrected chi connectivity index (χ0v) is 21.6. The Bertz CT molecular complexity index is 1260. The number of unbranched alkanes of at least 4 members (excludes halogenated alkanes) is 3. The van der Waals surface area contributed by atoms with Crippen LogP contribution in [0.5, 0.6) is 0 Å². The third-order valence-electron chi connectivity index (χ3n) is 5.84. The van der Waals surface area contributed by atoms with E-state index in [0.29, 0.717) is 16.3 Å². The molecule has 0 radical (unpaired) electrons. The highest BCUT2D eigenvalue weighted by Crippen LogP contribution is 2.23. The maximum absolute atomic E-state index is 12.7. The largest absolute Gasteiger partial charge is 0.301 e. The zero-order chi connectivity index (χ0) is 24.8. The van der Waals surface area contributed by atoms with Crippen LogP contribution in [0.1, 0.15) is 68.8 Å². The maximum atomic E-state index is 12.7. The fourth-order valence-corrected chi connectivity index (χ4v) is 5.20. The van der Waals surface area contributed by atoms with Gasteiger partial charge in [0.1, 0.15) is 0 Å². The van der Waals surface area contributed by atoms with Crippen LogP contribution < -0.4 is 5.56 Å².